The lowest BCUT2D eigenvalue weighted by molar-refractivity contribution is 0.0973. The molecule has 0 spiro atoms. The van der Waals surface area contributed by atoms with E-state index >= 15 is 0 Å². The van der Waals surface area contributed by atoms with Crippen molar-refractivity contribution in [2.24, 2.45) is 4.40 Å². The van der Waals surface area contributed by atoms with Crippen LogP contribution in [0, 0.1) is 0 Å². The maximum absolute atomic E-state index is 12.3. The molecule has 0 aliphatic carbocycles. The third-order valence-corrected chi connectivity index (χ3v) is 4.84. The predicted octanol–water partition coefficient (Wildman–Crippen LogP) is 1.46. The van der Waals surface area contributed by atoms with Gasteiger partial charge in [-0.25, -0.2) is 0 Å². The predicted molar refractivity (Wildman–Crippen MR) is 88.2 cm³/mol. The van der Waals surface area contributed by atoms with Crippen LogP contribution in [0.3, 0.4) is 0 Å². The fourth-order valence-corrected chi connectivity index (χ4v) is 3.45. The molecule has 0 radical (unpaired) electrons. The van der Waals surface area contributed by atoms with E-state index in [0.717, 1.165) is 10.9 Å². The monoisotopic (exact) mass is 341 g/mol. The number of fused-ring (bicyclic) bond motifs is 2. The van der Waals surface area contributed by atoms with Gasteiger partial charge in [-0.1, -0.05) is 18.2 Å². The van der Waals surface area contributed by atoms with Gasteiger partial charge in [-0.05, 0) is 18.2 Å². The van der Waals surface area contributed by atoms with Crippen molar-refractivity contribution >= 4 is 38.5 Å². The van der Waals surface area contributed by atoms with Gasteiger partial charge in [0.15, 0.2) is 0 Å². The van der Waals surface area contributed by atoms with Gasteiger partial charge in [0, 0.05) is 23.3 Å². The Kier molecular flexibility index (Phi) is 3.10. The van der Waals surface area contributed by atoms with Crippen LogP contribution in [-0.2, 0) is 10.0 Å². The standard InChI is InChI=1S/C15H11N5O3S/c21-14(12-7-9-3-1-2-4-10(9)17-12)19-15-18-11-5-6-16-8-13(11)24(22,23)20-15/h1-8,17H,(H2,18,19,20,21). The molecule has 4 rings (SSSR count). The highest BCUT2D eigenvalue weighted by molar-refractivity contribution is 7.90. The molecule has 3 N–H and O–H groups in total. The lowest BCUT2D eigenvalue weighted by Gasteiger charge is -2.17. The number of anilines is 1. The molecule has 8 nitrogen and oxygen atoms in total. The summed E-state index contributed by atoms with van der Waals surface area (Å²) >= 11 is 0. The van der Waals surface area contributed by atoms with E-state index in [1.807, 2.05) is 24.3 Å². The molecule has 1 aromatic carbocycles. The van der Waals surface area contributed by atoms with E-state index in [9.17, 15) is 13.2 Å². The third kappa shape index (κ3) is 2.40. The molecule has 0 fully saturated rings. The van der Waals surface area contributed by atoms with Crippen molar-refractivity contribution in [3.63, 3.8) is 0 Å². The van der Waals surface area contributed by atoms with Crippen molar-refractivity contribution in [2.75, 3.05) is 5.32 Å². The Labute approximate surface area is 136 Å². The Balaban J connectivity index is 1.64. The number of nitrogens with one attached hydrogen (secondary N) is 3. The molecular weight excluding hydrogens is 330 g/mol. The number of aromatic amines is 1. The van der Waals surface area contributed by atoms with E-state index in [1.54, 1.807) is 6.07 Å². The minimum atomic E-state index is -3.91. The highest BCUT2D eigenvalue weighted by atomic mass is 32.2. The summed E-state index contributed by atoms with van der Waals surface area (Å²) in [5, 5.41) is 6.11. The summed E-state index contributed by atoms with van der Waals surface area (Å²) < 4.78 is 27.8. The molecule has 0 bridgehead atoms. The van der Waals surface area contributed by atoms with Crippen LogP contribution in [0.25, 0.3) is 10.9 Å². The quantitative estimate of drug-likeness (QED) is 0.620. The number of amides is 1. The number of rotatable bonds is 1. The third-order valence-electron chi connectivity index (χ3n) is 3.53. The minimum Gasteiger partial charge on any atom is -0.351 e. The zero-order valence-electron chi connectivity index (χ0n) is 12.1. The summed E-state index contributed by atoms with van der Waals surface area (Å²) in [7, 11) is -3.91. The molecule has 1 amide bonds. The van der Waals surface area contributed by atoms with Gasteiger partial charge in [0.25, 0.3) is 15.9 Å². The number of hydrogen-bond donors (Lipinski definition) is 3. The molecule has 24 heavy (non-hydrogen) atoms. The molecule has 0 saturated heterocycles. The first-order chi connectivity index (χ1) is 11.5. The number of carbonyl (C=O) groups excluding carboxylic acids is 1. The topological polar surface area (TPSA) is 116 Å². The van der Waals surface area contributed by atoms with Crippen molar-refractivity contribution in [3.05, 3.63) is 54.5 Å². The number of para-hydroxylation sites is 1. The Morgan fingerprint density at radius 2 is 2.00 bits per heavy atom. The Morgan fingerprint density at radius 1 is 1.17 bits per heavy atom. The second kappa shape index (κ2) is 5.17. The summed E-state index contributed by atoms with van der Waals surface area (Å²) in [6, 6.07) is 10.6. The van der Waals surface area contributed by atoms with Crippen LogP contribution in [0.5, 0.6) is 0 Å². The first-order valence-corrected chi connectivity index (χ1v) is 8.42. The van der Waals surface area contributed by atoms with Crippen LogP contribution in [0.2, 0.25) is 0 Å². The molecule has 120 valence electrons. The number of hydrogen-bond acceptors (Lipinski definition) is 5. The number of nitrogens with zero attached hydrogens (tertiary/aromatic N) is 2. The van der Waals surface area contributed by atoms with Gasteiger partial charge in [0.2, 0.25) is 5.96 Å². The minimum absolute atomic E-state index is 0.0337. The van der Waals surface area contributed by atoms with Gasteiger partial charge < -0.3 is 10.3 Å². The van der Waals surface area contributed by atoms with Gasteiger partial charge >= 0.3 is 0 Å². The Hall–Kier alpha value is -3.20. The molecule has 3 aromatic rings. The fraction of sp³-hybridized carbons (Fsp3) is 0. The van der Waals surface area contributed by atoms with E-state index in [0.29, 0.717) is 11.4 Å². The number of sulfonamides is 1. The molecular formula is C15H11N5O3S. The van der Waals surface area contributed by atoms with Gasteiger partial charge in [0.1, 0.15) is 10.6 Å². The summed E-state index contributed by atoms with van der Waals surface area (Å²) in [5.41, 5.74) is 1.43. The average Bonchev–Trinajstić information content (AvgIpc) is 2.98. The Morgan fingerprint density at radius 3 is 2.83 bits per heavy atom. The first kappa shape index (κ1) is 14.4. The summed E-state index contributed by atoms with van der Waals surface area (Å²) in [6.45, 7) is 0. The lowest BCUT2D eigenvalue weighted by atomic mass is 10.2. The highest BCUT2D eigenvalue weighted by Gasteiger charge is 2.26. The molecule has 1 aliphatic heterocycles. The number of carbonyl (C=O) groups is 1. The molecule has 9 heteroatoms. The van der Waals surface area contributed by atoms with Crippen LogP contribution in [0.15, 0.2) is 58.1 Å². The first-order valence-electron chi connectivity index (χ1n) is 6.98. The smallest absolute Gasteiger partial charge is 0.289 e. The summed E-state index contributed by atoms with van der Waals surface area (Å²) in [6.07, 6.45) is 2.65. The molecule has 0 saturated carbocycles. The number of benzene rings is 1. The van der Waals surface area contributed by atoms with Crippen LogP contribution in [0.4, 0.5) is 5.69 Å². The molecule has 2 aromatic heterocycles. The summed E-state index contributed by atoms with van der Waals surface area (Å²) in [5.74, 6) is -0.650. The zero-order valence-corrected chi connectivity index (χ0v) is 13.0. The average molecular weight is 341 g/mol. The van der Waals surface area contributed by atoms with Crippen molar-refractivity contribution in [2.45, 2.75) is 4.90 Å². The van der Waals surface area contributed by atoms with Crippen LogP contribution < -0.4 is 10.6 Å². The second-order valence-electron chi connectivity index (χ2n) is 5.14. The van der Waals surface area contributed by atoms with E-state index in [-0.39, 0.29) is 10.9 Å². The van der Waals surface area contributed by atoms with Gasteiger partial charge in [-0.15, -0.1) is 4.40 Å². The van der Waals surface area contributed by atoms with E-state index < -0.39 is 15.9 Å². The van der Waals surface area contributed by atoms with E-state index in [1.165, 1.54) is 18.5 Å². The molecule has 3 heterocycles. The van der Waals surface area contributed by atoms with Crippen LogP contribution in [0.1, 0.15) is 10.5 Å². The second-order valence-corrected chi connectivity index (χ2v) is 6.71. The molecule has 1 aliphatic rings. The van der Waals surface area contributed by atoms with Gasteiger partial charge in [-0.2, -0.15) is 8.42 Å². The molecule has 0 atom stereocenters. The normalized spacial score (nSPS) is 15.2. The van der Waals surface area contributed by atoms with E-state index in [4.69, 9.17) is 0 Å². The van der Waals surface area contributed by atoms with Gasteiger partial charge in [0.05, 0.1) is 5.69 Å². The van der Waals surface area contributed by atoms with Crippen LogP contribution in [-0.4, -0.2) is 30.3 Å². The van der Waals surface area contributed by atoms with E-state index in [2.05, 4.69) is 25.0 Å². The SMILES string of the molecule is O=C(NC1=NS(=O)(=O)c2cnccc2N1)c1cc2ccccc2[nH]1. The number of H-pyrrole nitrogens is 1. The number of aromatic nitrogens is 2. The maximum atomic E-state index is 12.3. The van der Waals surface area contributed by atoms with Crippen LogP contribution >= 0.6 is 0 Å². The van der Waals surface area contributed by atoms with Crippen molar-refractivity contribution in [3.8, 4) is 0 Å². The summed E-state index contributed by atoms with van der Waals surface area (Å²) in [4.78, 5) is 19.0. The fourth-order valence-electron chi connectivity index (χ4n) is 2.43. The maximum Gasteiger partial charge on any atom is 0.289 e. The highest BCUT2D eigenvalue weighted by Crippen LogP contribution is 2.25. The molecule has 0 unspecified atom stereocenters. The zero-order chi connectivity index (χ0) is 16.7. The number of pyridine rings is 1. The largest absolute Gasteiger partial charge is 0.351 e. The Bertz CT molecular complexity index is 1070. The van der Waals surface area contributed by atoms with Gasteiger partial charge in [-0.3, -0.25) is 15.1 Å². The number of guanidine groups is 1. The van der Waals surface area contributed by atoms with Crippen molar-refractivity contribution < 1.29 is 13.2 Å². The van der Waals surface area contributed by atoms with Crippen molar-refractivity contribution in [1.82, 2.24) is 15.3 Å². The lowest BCUT2D eigenvalue weighted by Crippen LogP contribution is -2.38. The van der Waals surface area contributed by atoms with Crippen molar-refractivity contribution in [1.29, 1.82) is 0 Å².